The molecular formula is C18H25N5O3. The van der Waals surface area contributed by atoms with Gasteiger partial charge in [-0.25, -0.2) is 9.97 Å². The Hall–Kier alpha value is -2.22. The molecule has 26 heavy (non-hydrogen) atoms. The molecule has 1 unspecified atom stereocenters. The van der Waals surface area contributed by atoms with Crippen LogP contribution in [0, 0.1) is 0 Å². The lowest BCUT2D eigenvalue weighted by Gasteiger charge is -2.35. The number of anilines is 1. The summed E-state index contributed by atoms with van der Waals surface area (Å²) in [7, 11) is 0. The van der Waals surface area contributed by atoms with Crippen LogP contribution in [-0.2, 0) is 9.53 Å². The minimum atomic E-state index is -0.290. The zero-order valence-electron chi connectivity index (χ0n) is 15.0. The number of carbonyl (C=O) groups excluding carboxylic acids is 2. The average molecular weight is 359 g/mol. The summed E-state index contributed by atoms with van der Waals surface area (Å²) < 4.78 is 5.48. The predicted molar refractivity (Wildman–Crippen MR) is 94.9 cm³/mol. The predicted octanol–water partition coefficient (Wildman–Crippen LogP) is 0.540. The maximum atomic E-state index is 12.8. The number of nitrogens with zero attached hydrogens (tertiary/aromatic N) is 5. The maximum absolute atomic E-state index is 12.8. The molecule has 4 heterocycles. The van der Waals surface area contributed by atoms with E-state index in [9.17, 15) is 9.59 Å². The van der Waals surface area contributed by atoms with Crippen LogP contribution in [0.1, 0.15) is 36.2 Å². The van der Waals surface area contributed by atoms with Gasteiger partial charge in [0.05, 0.1) is 0 Å². The summed E-state index contributed by atoms with van der Waals surface area (Å²) in [5.41, 5.74) is 0.431. The zero-order chi connectivity index (χ0) is 17.9. The Morgan fingerprint density at radius 1 is 0.962 bits per heavy atom. The smallest absolute Gasteiger partial charge is 0.272 e. The van der Waals surface area contributed by atoms with Gasteiger partial charge in [-0.2, -0.15) is 0 Å². The molecule has 8 nitrogen and oxygen atoms in total. The van der Waals surface area contributed by atoms with E-state index in [0.29, 0.717) is 38.5 Å². The molecule has 3 saturated heterocycles. The largest absolute Gasteiger partial charge is 0.368 e. The van der Waals surface area contributed by atoms with Crippen LogP contribution in [0.2, 0.25) is 0 Å². The van der Waals surface area contributed by atoms with Gasteiger partial charge in [-0.3, -0.25) is 9.59 Å². The number of aromatic nitrogens is 2. The summed E-state index contributed by atoms with van der Waals surface area (Å²) in [6, 6.07) is 1.79. The molecule has 140 valence electrons. The third-order valence-corrected chi connectivity index (χ3v) is 5.39. The summed E-state index contributed by atoms with van der Waals surface area (Å²) in [5, 5.41) is 0. The number of hydrogen-bond donors (Lipinski definition) is 0. The Morgan fingerprint density at radius 3 is 2.38 bits per heavy atom. The molecule has 0 aliphatic carbocycles. The average Bonchev–Trinajstić information content (AvgIpc) is 3.41. The van der Waals surface area contributed by atoms with Crippen LogP contribution in [-0.4, -0.2) is 83.6 Å². The molecule has 0 aromatic carbocycles. The van der Waals surface area contributed by atoms with Crippen molar-refractivity contribution < 1.29 is 14.3 Å². The van der Waals surface area contributed by atoms with E-state index in [0.717, 1.165) is 44.6 Å². The van der Waals surface area contributed by atoms with E-state index in [-0.39, 0.29) is 17.9 Å². The lowest BCUT2D eigenvalue weighted by atomic mass is 10.2. The quantitative estimate of drug-likeness (QED) is 0.784. The lowest BCUT2D eigenvalue weighted by molar-refractivity contribution is -0.142. The molecule has 8 heteroatoms. The van der Waals surface area contributed by atoms with Gasteiger partial charge in [0.15, 0.2) is 0 Å². The van der Waals surface area contributed by atoms with Crippen molar-refractivity contribution >= 4 is 17.6 Å². The molecule has 0 radical (unpaired) electrons. The van der Waals surface area contributed by atoms with Gasteiger partial charge in [-0.15, -0.1) is 0 Å². The first-order valence-corrected chi connectivity index (χ1v) is 9.49. The van der Waals surface area contributed by atoms with Gasteiger partial charge in [-0.1, -0.05) is 0 Å². The van der Waals surface area contributed by atoms with Gasteiger partial charge in [-0.05, 0) is 25.7 Å². The highest BCUT2D eigenvalue weighted by Crippen LogP contribution is 2.19. The molecule has 0 saturated carbocycles. The van der Waals surface area contributed by atoms with E-state index in [1.807, 2.05) is 4.90 Å². The summed E-state index contributed by atoms with van der Waals surface area (Å²) in [5.74, 6) is 0.804. The first kappa shape index (κ1) is 17.2. The van der Waals surface area contributed by atoms with E-state index in [2.05, 4.69) is 14.9 Å². The molecular weight excluding hydrogens is 334 g/mol. The molecule has 1 aromatic rings. The molecule has 3 aliphatic heterocycles. The highest BCUT2D eigenvalue weighted by Gasteiger charge is 2.32. The Balaban J connectivity index is 1.36. The number of hydrogen-bond acceptors (Lipinski definition) is 6. The first-order valence-electron chi connectivity index (χ1n) is 9.49. The Labute approximate surface area is 153 Å². The van der Waals surface area contributed by atoms with Crippen LogP contribution in [0.25, 0.3) is 0 Å². The Morgan fingerprint density at radius 2 is 1.69 bits per heavy atom. The van der Waals surface area contributed by atoms with Gasteiger partial charge < -0.3 is 19.4 Å². The topological polar surface area (TPSA) is 78.9 Å². The summed E-state index contributed by atoms with van der Waals surface area (Å²) in [4.78, 5) is 39.5. The van der Waals surface area contributed by atoms with Crippen molar-refractivity contribution in [3.63, 3.8) is 0 Å². The van der Waals surface area contributed by atoms with E-state index >= 15 is 0 Å². The van der Waals surface area contributed by atoms with Gasteiger partial charge in [0.25, 0.3) is 11.8 Å². The van der Waals surface area contributed by atoms with Gasteiger partial charge in [0.1, 0.15) is 23.9 Å². The monoisotopic (exact) mass is 359 g/mol. The summed E-state index contributed by atoms with van der Waals surface area (Å²) >= 11 is 0. The Kier molecular flexibility index (Phi) is 5.01. The maximum Gasteiger partial charge on any atom is 0.272 e. The fourth-order valence-corrected chi connectivity index (χ4v) is 3.85. The zero-order valence-corrected chi connectivity index (χ0v) is 15.0. The normalized spacial score (nSPS) is 23.5. The molecule has 0 spiro atoms. The second-order valence-electron chi connectivity index (χ2n) is 7.07. The lowest BCUT2D eigenvalue weighted by Crippen LogP contribution is -2.53. The van der Waals surface area contributed by atoms with Crippen molar-refractivity contribution in [3.8, 4) is 0 Å². The fraction of sp³-hybridized carbons (Fsp3) is 0.667. The standard InChI is InChI=1S/C18H25N5O3/c24-17(14-12-16(20-13-19-14)21-5-1-2-6-21)22-7-9-23(10-8-22)18(25)15-4-3-11-26-15/h12-13,15H,1-11H2. The summed E-state index contributed by atoms with van der Waals surface area (Å²) in [6.07, 6.45) is 5.25. The van der Waals surface area contributed by atoms with Crippen molar-refractivity contribution in [2.24, 2.45) is 0 Å². The number of ether oxygens (including phenoxy) is 1. The van der Waals surface area contributed by atoms with Crippen LogP contribution in [0.15, 0.2) is 12.4 Å². The second kappa shape index (κ2) is 7.57. The van der Waals surface area contributed by atoms with Crippen molar-refractivity contribution in [2.45, 2.75) is 31.8 Å². The molecule has 3 aliphatic rings. The number of rotatable bonds is 3. The number of amides is 2. The van der Waals surface area contributed by atoms with Gasteiger partial charge in [0.2, 0.25) is 0 Å². The minimum Gasteiger partial charge on any atom is -0.368 e. The third-order valence-electron chi connectivity index (χ3n) is 5.39. The molecule has 1 atom stereocenters. The van der Waals surface area contributed by atoms with Gasteiger partial charge >= 0.3 is 0 Å². The molecule has 0 bridgehead atoms. The van der Waals surface area contributed by atoms with Crippen molar-refractivity contribution in [1.82, 2.24) is 19.8 Å². The van der Waals surface area contributed by atoms with E-state index in [4.69, 9.17) is 4.74 Å². The van der Waals surface area contributed by atoms with E-state index in [1.54, 1.807) is 11.0 Å². The van der Waals surface area contributed by atoms with Crippen LogP contribution in [0.5, 0.6) is 0 Å². The molecule has 2 amide bonds. The Bertz CT molecular complexity index is 663. The molecule has 0 N–H and O–H groups in total. The van der Waals surface area contributed by atoms with Crippen molar-refractivity contribution in [2.75, 3.05) is 50.8 Å². The van der Waals surface area contributed by atoms with Crippen LogP contribution >= 0.6 is 0 Å². The van der Waals surface area contributed by atoms with E-state index < -0.39 is 0 Å². The first-order chi connectivity index (χ1) is 12.7. The highest BCUT2D eigenvalue weighted by atomic mass is 16.5. The minimum absolute atomic E-state index is 0.0629. The fourth-order valence-electron chi connectivity index (χ4n) is 3.85. The third kappa shape index (κ3) is 3.51. The van der Waals surface area contributed by atoms with Crippen LogP contribution in [0.4, 0.5) is 5.82 Å². The van der Waals surface area contributed by atoms with Crippen LogP contribution < -0.4 is 4.90 Å². The van der Waals surface area contributed by atoms with E-state index in [1.165, 1.54) is 6.33 Å². The molecule has 3 fully saturated rings. The SMILES string of the molecule is O=C(c1cc(N2CCCC2)ncn1)N1CCN(C(=O)C2CCCO2)CC1. The van der Waals surface area contributed by atoms with Crippen molar-refractivity contribution in [3.05, 3.63) is 18.1 Å². The second-order valence-corrected chi connectivity index (χ2v) is 7.07. The van der Waals surface area contributed by atoms with Crippen LogP contribution in [0.3, 0.4) is 0 Å². The van der Waals surface area contributed by atoms with Gasteiger partial charge in [0, 0.05) is 51.9 Å². The highest BCUT2D eigenvalue weighted by molar-refractivity contribution is 5.93. The number of carbonyl (C=O) groups is 2. The number of piperazine rings is 1. The summed E-state index contributed by atoms with van der Waals surface area (Å²) in [6.45, 7) is 4.79. The van der Waals surface area contributed by atoms with Crippen molar-refractivity contribution in [1.29, 1.82) is 0 Å². The molecule has 1 aromatic heterocycles. The molecule has 4 rings (SSSR count).